The zero-order chi connectivity index (χ0) is 14.0. The van der Waals surface area contributed by atoms with Crippen LogP contribution in [-0.2, 0) is 0 Å². The fourth-order valence-electron chi connectivity index (χ4n) is 2.92. The molecule has 1 aromatic rings. The summed E-state index contributed by atoms with van der Waals surface area (Å²) in [5.74, 6) is 1.52. The maximum atomic E-state index is 9.38. The van der Waals surface area contributed by atoms with Crippen molar-refractivity contribution in [1.82, 2.24) is 4.98 Å². The molecule has 0 aromatic carbocycles. The molecule has 19 heavy (non-hydrogen) atoms. The Hall–Kier alpha value is -1.60. The second-order valence-corrected chi connectivity index (χ2v) is 5.60. The van der Waals surface area contributed by atoms with Gasteiger partial charge in [0.2, 0.25) is 0 Å². The van der Waals surface area contributed by atoms with Gasteiger partial charge < -0.3 is 10.6 Å². The van der Waals surface area contributed by atoms with Crippen molar-refractivity contribution in [2.45, 2.75) is 39.7 Å². The van der Waals surface area contributed by atoms with E-state index < -0.39 is 0 Å². The zero-order valence-corrected chi connectivity index (χ0v) is 12.0. The molecule has 2 heterocycles. The van der Waals surface area contributed by atoms with Crippen molar-refractivity contribution >= 4 is 5.82 Å². The Morgan fingerprint density at radius 1 is 1.53 bits per heavy atom. The van der Waals surface area contributed by atoms with Gasteiger partial charge in [0.15, 0.2) is 0 Å². The van der Waals surface area contributed by atoms with E-state index in [1.54, 1.807) is 0 Å². The lowest BCUT2D eigenvalue weighted by atomic mass is 9.92. The van der Waals surface area contributed by atoms with Crippen LogP contribution in [0, 0.1) is 31.1 Å². The first kappa shape index (κ1) is 13.8. The number of aryl methyl sites for hydroxylation is 2. The van der Waals surface area contributed by atoms with E-state index in [1.807, 2.05) is 19.9 Å². The van der Waals surface area contributed by atoms with Crippen molar-refractivity contribution in [1.29, 1.82) is 5.26 Å². The molecule has 0 amide bonds. The van der Waals surface area contributed by atoms with Gasteiger partial charge in [-0.1, -0.05) is 6.92 Å². The lowest BCUT2D eigenvalue weighted by molar-refractivity contribution is 0.364. The molecular formula is C15H22N4. The van der Waals surface area contributed by atoms with Crippen molar-refractivity contribution in [3.05, 3.63) is 22.9 Å². The fourth-order valence-corrected chi connectivity index (χ4v) is 2.92. The van der Waals surface area contributed by atoms with Gasteiger partial charge in [-0.2, -0.15) is 5.26 Å². The quantitative estimate of drug-likeness (QED) is 0.882. The summed E-state index contributed by atoms with van der Waals surface area (Å²) in [6, 6.07) is 4.56. The van der Waals surface area contributed by atoms with Crippen LogP contribution < -0.4 is 10.6 Å². The highest BCUT2D eigenvalue weighted by Crippen LogP contribution is 2.30. The van der Waals surface area contributed by atoms with E-state index in [4.69, 9.17) is 5.73 Å². The lowest BCUT2D eigenvalue weighted by Gasteiger charge is -2.39. The van der Waals surface area contributed by atoms with Gasteiger partial charge in [0, 0.05) is 24.8 Å². The number of nitrogens with zero attached hydrogens (tertiary/aromatic N) is 3. The number of nitrogens with two attached hydrogens (primary N) is 1. The van der Waals surface area contributed by atoms with Gasteiger partial charge in [0.1, 0.15) is 11.9 Å². The second-order valence-electron chi connectivity index (χ2n) is 5.60. The topological polar surface area (TPSA) is 65.9 Å². The van der Waals surface area contributed by atoms with Crippen LogP contribution in [0.1, 0.15) is 36.6 Å². The number of anilines is 1. The second kappa shape index (κ2) is 5.58. The molecule has 0 saturated carbocycles. The Labute approximate surface area is 115 Å². The first-order chi connectivity index (χ1) is 9.06. The molecule has 102 valence electrons. The van der Waals surface area contributed by atoms with Gasteiger partial charge >= 0.3 is 0 Å². The molecule has 0 aliphatic carbocycles. The van der Waals surface area contributed by atoms with Crippen LogP contribution in [0.25, 0.3) is 0 Å². The van der Waals surface area contributed by atoms with E-state index in [2.05, 4.69) is 22.9 Å². The third-order valence-electron chi connectivity index (χ3n) is 3.96. The van der Waals surface area contributed by atoms with Crippen LogP contribution in [-0.4, -0.2) is 24.1 Å². The minimum Gasteiger partial charge on any atom is -0.351 e. The van der Waals surface area contributed by atoms with E-state index in [-0.39, 0.29) is 0 Å². The molecule has 2 rings (SSSR count). The summed E-state index contributed by atoms with van der Waals surface area (Å²) in [4.78, 5) is 6.83. The number of pyridine rings is 1. The Bertz CT molecular complexity index is 504. The van der Waals surface area contributed by atoms with Crippen LogP contribution in [0.2, 0.25) is 0 Å². The van der Waals surface area contributed by atoms with Gasteiger partial charge in [0.05, 0.1) is 5.56 Å². The molecular weight excluding hydrogens is 236 g/mol. The monoisotopic (exact) mass is 258 g/mol. The molecule has 1 fully saturated rings. The Kier molecular flexibility index (Phi) is 4.06. The summed E-state index contributed by atoms with van der Waals surface area (Å²) < 4.78 is 0. The largest absolute Gasteiger partial charge is 0.351 e. The molecule has 1 aliphatic rings. The van der Waals surface area contributed by atoms with Crippen molar-refractivity contribution in [2.75, 3.05) is 18.0 Å². The van der Waals surface area contributed by atoms with E-state index in [0.717, 1.165) is 36.5 Å². The van der Waals surface area contributed by atoms with Crippen LogP contribution in [0.15, 0.2) is 6.07 Å². The maximum absolute atomic E-state index is 9.38. The van der Waals surface area contributed by atoms with Gasteiger partial charge in [-0.15, -0.1) is 0 Å². The molecule has 2 N–H and O–H groups in total. The van der Waals surface area contributed by atoms with E-state index >= 15 is 0 Å². The van der Waals surface area contributed by atoms with Crippen LogP contribution in [0.5, 0.6) is 0 Å². The normalized spacial score (nSPS) is 23.2. The summed E-state index contributed by atoms with van der Waals surface area (Å²) in [7, 11) is 0. The van der Waals surface area contributed by atoms with Gasteiger partial charge in [-0.25, -0.2) is 4.98 Å². The molecule has 0 radical (unpaired) electrons. The molecule has 1 saturated heterocycles. The molecule has 4 nitrogen and oxygen atoms in total. The Balaban J connectivity index is 2.43. The predicted molar refractivity (Wildman–Crippen MR) is 77.0 cm³/mol. The van der Waals surface area contributed by atoms with Crippen LogP contribution >= 0.6 is 0 Å². The first-order valence-corrected chi connectivity index (χ1v) is 6.91. The number of hydrogen-bond donors (Lipinski definition) is 1. The van der Waals surface area contributed by atoms with Crippen molar-refractivity contribution in [2.24, 2.45) is 11.7 Å². The Morgan fingerprint density at radius 2 is 2.26 bits per heavy atom. The molecule has 0 bridgehead atoms. The maximum Gasteiger partial charge on any atom is 0.147 e. The number of aromatic nitrogens is 1. The van der Waals surface area contributed by atoms with E-state index in [1.165, 1.54) is 0 Å². The molecule has 1 aliphatic heterocycles. The van der Waals surface area contributed by atoms with Crippen LogP contribution in [0.4, 0.5) is 5.82 Å². The third kappa shape index (κ3) is 2.71. The SMILES string of the molecule is Cc1cc(C)c(C#N)c(N2CCC(C)CC2CN)n1. The lowest BCUT2D eigenvalue weighted by Crippen LogP contribution is -2.47. The summed E-state index contributed by atoms with van der Waals surface area (Å²) in [5, 5.41) is 9.38. The standard InChI is InChI=1S/C15H22N4/c1-10-4-5-19(13(6-10)8-16)15-14(9-17)11(2)7-12(3)18-15/h7,10,13H,4-6,8,16H2,1-3H3. The first-order valence-electron chi connectivity index (χ1n) is 6.91. The predicted octanol–water partition coefficient (Wildman–Crippen LogP) is 2.13. The van der Waals surface area contributed by atoms with Crippen molar-refractivity contribution < 1.29 is 0 Å². The van der Waals surface area contributed by atoms with Crippen LogP contribution in [0.3, 0.4) is 0 Å². The number of nitriles is 1. The fraction of sp³-hybridized carbons (Fsp3) is 0.600. The zero-order valence-electron chi connectivity index (χ0n) is 12.0. The highest BCUT2D eigenvalue weighted by atomic mass is 15.2. The summed E-state index contributed by atoms with van der Waals surface area (Å²) >= 11 is 0. The summed E-state index contributed by atoms with van der Waals surface area (Å²) in [5.41, 5.74) is 8.56. The van der Waals surface area contributed by atoms with Crippen molar-refractivity contribution in [3.8, 4) is 6.07 Å². The van der Waals surface area contributed by atoms with E-state index in [9.17, 15) is 5.26 Å². The number of rotatable bonds is 2. The summed E-state index contributed by atoms with van der Waals surface area (Å²) in [6.45, 7) is 7.76. The molecule has 2 unspecified atom stereocenters. The Morgan fingerprint density at radius 3 is 2.89 bits per heavy atom. The highest BCUT2D eigenvalue weighted by Gasteiger charge is 2.28. The number of hydrogen-bond acceptors (Lipinski definition) is 4. The molecule has 2 atom stereocenters. The molecule has 1 aromatic heterocycles. The third-order valence-corrected chi connectivity index (χ3v) is 3.96. The van der Waals surface area contributed by atoms with Gasteiger partial charge in [0.25, 0.3) is 0 Å². The van der Waals surface area contributed by atoms with E-state index in [0.29, 0.717) is 24.1 Å². The highest BCUT2D eigenvalue weighted by molar-refractivity contribution is 5.59. The molecule has 4 heteroatoms. The average molecular weight is 258 g/mol. The van der Waals surface area contributed by atoms with Gasteiger partial charge in [-0.05, 0) is 44.2 Å². The minimum absolute atomic E-state index is 0.296. The number of piperidine rings is 1. The van der Waals surface area contributed by atoms with Gasteiger partial charge in [-0.3, -0.25) is 0 Å². The smallest absolute Gasteiger partial charge is 0.147 e. The molecule has 0 spiro atoms. The minimum atomic E-state index is 0.296. The van der Waals surface area contributed by atoms with Crippen molar-refractivity contribution in [3.63, 3.8) is 0 Å². The average Bonchev–Trinajstić information content (AvgIpc) is 2.37. The summed E-state index contributed by atoms with van der Waals surface area (Å²) in [6.07, 6.45) is 2.21.